The Kier molecular flexibility index (Phi) is 12.1. The number of carbonyl (C=O) groups is 3. The third kappa shape index (κ3) is 8.50. The second kappa shape index (κ2) is 14.8. The summed E-state index contributed by atoms with van der Waals surface area (Å²) in [6.07, 6.45) is 3.83. The average Bonchev–Trinajstić information content (AvgIpc) is 2.81. The van der Waals surface area contributed by atoms with E-state index in [0.717, 1.165) is 59.9 Å². The fraction of sp³-hybridized carbons (Fsp3) is 0.273. The lowest BCUT2D eigenvalue weighted by Crippen LogP contribution is -2.45. The third-order valence-electron chi connectivity index (χ3n) is 4.59. The van der Waals surface area contributed by atoms with Crippen LogP contribution in [0, 0.1) is 6.92 Å². The molecule has 176 valence electrons. The van der Waals surface area contributed by atoms with Crippen LogP contribution in [-0.2, 0) is 14.4 Å². The molecule has 0 bridgehead atoms. The van der Waals surface area contributed by atoms with Crippen molar-refractivity contribution in [2.75, 3.05) is 38.1 Å². The van der Waals surface area contributed by atoms with E-state index in [1.807, 2.05) is 25.4 Å². The van der Waals surface area contributed by atoms with Crippen molar-refractivity contribution >= 4 is 36.3 Å². The molecule has 2 aromatic heterocycles. The lowest BCUT2D eigenvalue weighted by molar-refractivity contribution is -0.123. The lowest BCUT2D eigenvalue weighted by Gasteiger charge is -2.32. The zero-order chi connectivity index (χ0) is 24.6. The number of nitrogens with zero attached hydrogens (tertiary/aromatic N) is 5. The fourth-order valence-corrected chi connectivity index (χ4v) is 3.11. The average molecular weight is 457 g/mol. The lowest BCUT2D eigenvalue weighted by atomic mass is 10.0. The first kappa shape index (κ1) is 26.9. The number of aryl methyl sites for hydroxylation is 1. The molecule has 1 saturated heterocycles. The standard InChI is InChI=1S/C19H21N5.3CH2O2/c1-14-6-7-15-4-3-5-17(18(15)22-14)16-12-20-19(21-13-16)24-10-8-23(2)9-11-24;3*2-1-3/h3-7,12-13H,8-11H2,1-2H3;3*1H,(H,2,3). The van der Waals surface area contributed by atoms with Gasteiger partial charge in [-0.1, -0.05) is 24.3 Å². The van der Waals surface area contributed by atoms with Crippen molar-refractivity contribution < 1.29 is 29.7 Å². The first-order valence-electron chi connectivity index (χ1n) is 9.81. The van der Waals surface area contributed by atoms with Gasteiger partial charge in [0.2, 0.25) is 5.95 Å². The van der Waals surface area contributed by atoms with Crippen LogP contribution in [0.3, 0.4) is 0 Å². The van der Waals surface area contributed by atoms with Gasteiger partial charge in [-0.15, -0.1) is 0 Å². The molecule has 0 amide bonds. The van der Waals surface area contributed by atoms with Crippen molar-refractivity contribution in [2.45, 2.75) is 6.92 Å². The van der Waals surface area contributed by atoms with Gasteiger partial charge in [0.15, 0.2) is 0 Å². The summed E-state index contributed by atoms with van der Waals surface area (Å²) < 4.78 is 0. The molecule has 11 nitrogen and oxygen atoms in total. The van der Waals surface area contributed by atoms with Crippen LogP contribution >= 0.6 is 0 Å². The SMILES string of the molecule is Cc1ccc2cccc(-c3cnc(N4CCN(C)CC4)nc3)c2n1.O=CO.O=CO.O=CO. The van der Waals surface area contributed by atoms with Gasteiger partial charge in [0, 0.05) is 60.8 Å². The number of carboxylic acid groups (broad SMARTS) is 3. The largest absolute Gasteiger partial charge is 0.483 e. The highest BCUT2D eigenvalue weighted by Gasteiger charge is 2.16. The number of benzene rings is 1. The number of hydrogen-bond donors (Lipinski definition) is 3. The third-order valence-corrected chi connectivity index (χ3v) is 4.59. The van der Waals surface area contributed by atoms with E-state index in [1.54, 1.807) is 0 Å². The molecule has 1 aromatic carbocycles. The predicted molar refractivity (Wildman–Crippen MR) is 123 cm³/mol. The molecule has 0 unspecified atom stereocenters. The highest BCUT2D eigenvalue weighted by Crippen LogP contribution is 2.27. The Bertz CT molecular complexity index is 994. The van der Waals surface area contributed by atoms with E-state index in [1.165, 1.54) is 0 Å². The normalized spacial score (nSPS) is 12.6. The van der Waals surface area contributed by atoms with Crippen molar-refractivity contribution in [3.8, 4) is 11.1 Å². The monoisotopic (exact) mass is 457 g/mol. The van der Waals surface area contributed by atoms with Gasteiger partial charge >= 0.3 is 0 Å². The summed E-state index contributed by atoms with van der Waals surface area (Å²) in [5.41, 5.74) is 4.12. The topological polar surface area (TPSA) is 157 Å². The number of rotatable bonds is 2. The van der Waals surface area contributed by atoms with Crippen LogP contribution in [0.25, 0.3) is 22.0 Å². The first-order valence-corrected chi connectivity index (χ1v) is 9.81. The Morgan fingerprint density at radius 3 is 1.94 bits per heavy atom. The van der Waals surface area contributed by atoms with Crippen LogP contribution in [-0.4, -0.2) is 87.8 Å². The molecular weight excluding hydrogens is 430 g/mol. The van der Waals surface area contributed by atoms with Gasteiger partial charge in [-0.2, -0.15) is 0 Å². The Hall–Kier alpha value is -4.12. The van der Waals surface area contributed by atoms with Gasteiger partial charge in [-0.05, 0) is 20.0 Å². The summed E-state index contributed by atoms with van der Waals surface area (Å²) >= 11 is 0. The van der Waals surface area contributed by atoms with E-state index in [4.69, 9.17) is 34.7 Å². The molecule has 0 saturated carbocycles. The minimum absolute atomic E-state index is 0.250. The van der Waals surface area contributed by atoms with Crippen LogP contribution in [0.1, 0.15) is 5.69 Å². The smallest absolute Gasteiger partial charge is 0.290 e. The molecule has 0 radical (unpaired) electrons. The van der Waals surface area contributed by atoms with Gasteiger partial charge in [-0.25, -0.2) is 9.97 Å². The molecule has 3 heterocycles. The first-order chi connectivity index (χ1) is 15.9. The summed E-state index contributed by atoms with van der Waals surface area (Å²) in [6.45, 7) is 5.33. The number of likely N-dealkylation sites (N-methyl/N-ethyl adjacent to an activating group) is 1. The maximum Gasteiger partial charge on any atom is 0.290 e. The molecule has 4 rings (SSSR count). The van der Waals surface area contributed by atoms with Crippen molar-refractivity contribution in [3.05, 3.63) is 48.4 Å². The second-order valence-corrected chi connectivity index (χ2v) is 6.71. The highest BCUT2D eigenvalue weighted by atomic mass is 16.4. The molecule has 0 aliphatic carbocycles. The minimum Gasteiger partial charge on any atom is -0.483 e. The fourth-order valence-electron chi connectivity index (χ4n) is 3.11. The molecule has 33 heavy (non-hydrogen) atoms. The molecule has 1 aliphatic heterocycles. The minimum atomic E-state index is -0.250. The number of pyridine rings is 1. The number of anilines is 1. The number of piperazine rings is 1. The molecule has 3 aromatic rings. The van der Waals surface area contributed by atoms with Crippen LogP contribution in [0.15, 0.2) is 42.7 Å². The summed E-state index contributed by atoms with van der Waals surface area (Å²) in [5, 5.41) is 21.8. The van der Waals surface area contributed by atoms with E-state index >= 15 is 0 Å². The van der Waals surface area contributed by atoms with Gasteiger partial charge in [0.1, 0.15) is 0 Å². The van der Waals surface area contributed by atoms with E-state index in [0.29, 0.717) is 0 Å². The summed E-state index contributed by atoms with van der Waals surface area (Å²) in [4.78, 5) is 43.6. The van der Waals surface area contributed by atoms with Crippen molar-refractivity contribution in [1.29, 1.82) is 0 Å². The maximum absolute atomic E-state index is 8.36. The van der Waals surface area contributed by atoms with E-state index in [-0.39, 0.29) is 19.4 Å². The Balaban J connectivity index is 0.000000528. The van der Waals surface area contributed by atoms with Crippen LogP contribution in [0.2, 0.25) is 0 Å². The van der Waals surface area contributed by atoms with E-state index in [9.17, 15) is 0 Å². The van der Waals surface area contributed by atoms with Gasteiger partial charge in [0.05, 0.1) is 5.52 Å². The van der Waals surface area contributed by atoms with Gasteiger partial charge < -0.3 is 25.1 Å². The van der Waals surface area contributed by atoms with Gasteiger partial charge in [-0.3, -0.25) is 19.4 Å². The van der Waals surface area contributed by atoms with Crippen LogP contribution in [0.5, 0.6) is 0 Å². The number of hydrogen-bond acceptors (Lipinski definition) is 8. The molecule has 11 heteroatoms. The number of fused-ring (bicyclic) bond motifs is 1. The molecule has 3 N–H and O–H groups in total. The summed E-state index contributed by atoms with van der Waals surface area (Å²) in [7, 11) is 2.15. The number of para-hydroxylation sites is 1. The molecule has 1 aliphatic rings. The van der Waals surface area contributed by atoms with E-state index < -0.39 is 0 Å². The van der Waals surface area contributed by atoms with Crippen molar-refractivity contribution in [1.82, 2.24) is 19.9 Å². The second-order valence-electron chi connectivity index (χ2n) is 6.71. The predicted octanol–water partition coefficient (Wildman–Crippen LogP) is 1.85. The van der Waals surface area contributed by atoms with Crippen LogP contribution in [0.4, 0.5) is 5.95 Å². The molecule has 1 fully saturated rings. The van der Waals surface area contributed by atoms with Crippen molar-refractivity contribution in [3.63, 3.8) is 0 Å². The zero-order valence-electron chi connectivity index (χ0n) is 18.4. The van der Waals surface area contributed by atoms with Crippen LogP contribution < -0.4 is 4.90 Å². The Labute approximate surface area is 191 Å². The van der Waals surface area contributed by atoms with Crippen molar-refractivity contribution in [2.24, 2.45) is 0 Å². The quantitative estimate of drug-likeness (QED) is 0.482. The summed E-state index contributed by atoms with van der Waals surface area (Å²) in [6, 6.07) is 10.4. The Morgan fingerprint density at radius 2 is 1.39 bits per heavy atom. The molecule has 0 spiro atoms. The molecule has 0 atom stereocenters. The van der Waals surface area contributed by atoms with Gasteiger partial charge in [0.25, 0.3) is 19.4 Å². The Morgan fingerprint density at radius 1 is 0.848 bits per heavy atom. The zero-order valence-corrected chi connectivity index (χ0v) is 18.4. The summed E-state index contributed by atoms with van der Waals surface area (Å²) in [5.74, 6) is 0.816. The molecular formula is C22H27N5O6. The highest BCUT2D eigenvalue weighted by molar-refractivity contribution is 5.93. The maximum atomic E-state index is 8.36. The van der Waals surface area contributed by atoms with E-state index in [2.05, 4.69) is 51.1 Å². The number of aromatic nitrogens is 3.